The molecule has 0 fully saturated rings. The van der Waals surface area contributed by atoms with E-state index < -0.39 is 11.9 Å². The van der Waals surface area contributed by atoms with Crippen molar-refractivity contribution in [1.29, 1.82) is 0 Å². The summed E-state index contributed by atoms with van der Waals surface area (Å²) < 4.78 is 10.7. The minimum absolute atomic E-state index is 0.0492. The molecule has 6 heteroatoms. The fourth-order valence-electron chi connectivity index (χ4n) is 3.04. The molecule has 1 aromatic heterocycles. The van der Waals surface area contributed by atoms with Crippen molar-refractivity contribution in [2.45, 2.75) is 6.61 Å². The van der Waals surface area contributed by atoms with Gasteiger partial charge in [0.2, 0.25) is 5.56 Å². The maximum atomic E-state index is 12.6. The molecule has 6 nitrogen and oxygen atoms in total. The highest BCUT2D eigenvalue weighted by molar-refractivity contribution is 6.03. The molecule has 0 saturated carbocycles. The summed E-state index contributed by atoms with van der Waals surface area (Å²) in [5, 5.41) is 0.599. The highest BCUT2D eigenvalue weighted by atomic mass is 16.5. The number of carbonyl (C=O) groups excluding carboxylic acids is 2. The summed E-state index contributed by atoms with van der Waals surface area (Å²) in [7, 11) is 0. The first-order chi connectivity index (χ1) is 14.6. The lowest BCUT2D eigenvalue weighted by Gasteiger charge is -2.09. The Balaban J connectivity index is 1.48. The van der Waals surface area contributed by atoms with E-state index in [2.05, 4.69) is 4.98 Å². The maximum Gasteiger partial charge on any atom is 0.343 e. The van der Waals surface area contributed by atoms with E-state index in [1.165, 1.54) is 6.07 Å². The smallest absolute Gasteiger partial charge is 0.343 e. The third-order valence-corrected chi connectivity index (χ3v) is 4.46. The van der Waals surface area contributed by atoms with Crippen molar-refractivity contribution >= 4 is 22.8 Å². The van der Waals surface area contributed by atoms with Crippen LogP contribution >= 0.6 is 0 Å². The topological polar surface area (TPSA) is 85.5 Å². The van der Waals surface area contributed by atoms with Crippen LogP contribution in [-0.4, -0.2) is 16.9 Å². The van der Waals surface area contributed by atoms with E-state index in [4.69, 9.17) is 9.47 Å². The van der Waals surface area contributed by atoms with Crippen molar-refractivity contribution in [1.82, 2.24) is 4.98 Å². The lowest BCUT2D eigenvalue weighted by molar-refractivity contribution is 0.0475. The summed E-state index contributed by atoms with van der Waals surface area (Å²) in [4.78, 5) is 39.4. The normalized spacial score (nSPS) is 10.5. The molecule has 3 aromatic carbocycles. The van der Waals surface area contributed by atoms with Crippen LogP contribution in [0.4, 0.5) is 0 Å². The minimum atomic E-state index is -0.616. The van der Waals surface area contributed by atoms with Gasteiger partial charge in [-0.1, -0.05) is 48.5 Å². The Hall–Kier alpha value is -4.19. The molecule has 148 valence electrons. The molecule has 1 heterocycles. The fraction of sp³-hybridized carbons (Fsp3) is 0.0417. The first-order valence-electron chi connectivity index (χ1n) is 9.25. The predicted molar refractivity (Wildman–Crippen MR) is 112 cm³/mol. The highest BCUT2D eigenvalue weighted by Gasteiger charge is 2.14. The molecule has 1 N–H and O–H groups in total. The number of hydrogen-bond acceptors (Lipinski definition) is 5. The standard InChI is InChI=1S/C24H17NO5/c26-22-14-20(19-11-4-5-12-21(19)25-22)24(28)29-15-16-7-6-8-17(13-16)23(27)30-18-9-2-1-3-10-18/h1-14H,15H2,(H,25,26). The van der Waals surface area contributed by atoms with Crippen LogP contribution in [0.1, 0.15) is 26.3 Å². The number of aromatic amines is 1. The zero-order chi connectivity index (χ0) is 20.9. The molecule has 0 saturated heterocycles. The van der Waals surface area contributed by atoms with Crippen molar-refractivity contribution in [3.63, 3.8) is 0 Å². The lowest BCUT2D eigenvalue weighted by atomic mass is 10.1. The number of aromatic nitrogens is 1. The summed E-state index contributed by atoms with van der Waals surface area (Å²) >= 11 is 0. The van der Waals surface area contributed by atoms with E-state index in [9.17, 15) is 14.4 Å². The largest absolute Gasteiger partial charge is 0.457 e. The van der Waals surface area contributed by atoms with Gasteiger partial charge in [0.15, 0.2) is 0 Å². The van der Waals surface area contributed by atoms with E-state index in [0.717, 1.165) is 0 Å². The quantitative estimate of drug-likeness (QED) is 0.403. The second kappa shape index (κ2) is 8.45. The molecule has 0 aliphatic carbocycles. The Morgan fingerprint density at radius 3 is 2.40 bits per heavy atom. The molecule has 0 bridgehead atoms. The monoisotopic (exact) mass is 399 g/mol. The van der Waals surface area contributed by atoms with E-state index in [0.29, 0.717) is 27.8 Å². The Kier molecular flexibility index (Phi) is 5.39. The summed E-state index contributed by atoms with van der Waals surface area (Å²) in [5.41, 5.74) is 1.33. The van der Waals surface area contributed by atoms with Crippen molar-refractivity contribution < 1.29 is 19.1 Å². The van der Waals surface area contributed by atoms with Crippen molar-refractivity contribution in [3.8, 4) is 5.75 Å². The van der Waals surface area contributed by atoms with Crippen molar-refractivity contribution in [2.75, 3.05) is 0 Å². The molecule has 0 aliphatic rings. The summed E-state index contributed by atoms with van der Waals surface area (Å²) in [6, 6.07) is 23.6. The average Bonchev–Trinajstić information content (AvgIpc) is 2.77. The number of nitrogens with one attached hydrogen (secondary N) is 1. The number of fused-ring (bicyclic) bond motifs is 1. The molecule has 30 heavy (non-hydrogen) atoms. The zero-order valence-corrected chi connectivity index (χ0v) is 15.8. The fourth-order valence-corrected chi connectivity index (χ4v) is 3.04. The van der Waals surface area contributed by atoms with Gasteiger partial charge in [0.05, 0.1) is 11.1 Å². The molecular weight excluding hydrogens is 382 g/mol. The van der Waals surface area contributed by atoms with Gasteiger partial charge in [-0.2, -0.15) is 0 Å². The highest BCUT2D eigenvalue weighted by Crippen LogP contribution is 2.17. The second-order valence-electron chi connectivity index (χ2n) is 6.57. The number of hydrogen-bond donors (Lipinski definition) is 1. The first kappa shape index (κ1) is 19.1. The molecule has 0 amide bonds. The molecule has 0 unspecified atom stereocenters. The van der Waals surface area contributed by atoms with Crippen molar-refractivity contribution in [2.24, 2.45) is 0 Å². The van der Waals surface area contributed by atoms with E-state index in [1.807, 2.05) is 6.07 Å². The number of benzene rings is 3. The van der Waals surface area contributed by atoms with Gasteiger partial charge in [0.25, 0.3) is 0 Å². The summed E-state index contributed by atoms with van der Waals surface area (Å²) in [5.74, 6) is -0.676. The Morgan fingerprint density at radius 2 is 1.57 bits per heavy atom. The van der Waals surface area contributed by atoms with E-state index in [-0.39, 0.29) is 17.7 Å². The van der Waals surface area contributed by atoms with Gasteiger partial charge in [0.1, 0.15) is 12.4 Å². The number of rotatable bonds is 5. The minimum Gasteiger partial charge on any atom is -0.457 e. The van der Waals surface area contributed by atoms with Gasteiger partial charge in [-0.15, -0.1) is 0 Å². The average molecular weight is 399 g/mol. The summed E-state index contributed by atoms with van der Waals surface area (Å²) in [6.07, 6.45) is 0. The SMILES string of the molecule is O=C(Oc1ccccc1)c1cccc(COC(=O)c2cc(=O)[nH]c3ccccc23)c1. The zero-order valence-electron chi connectivity index (χ0n) is 15.8. The number of pyridine rings is 1. The van der Waals surface area contributed by atoms with Gasteiger partial charge in [-0.25, -0.2) is 9.59 Å². The van der Waals surface area contributed by atoms with Gasteiger partial charge in [0, 0.05) is 17.0 Å². The van der Waals surface area contributed by atoms with Crippen LogP contribution in [0.3, 0.4) is 0 Å². The number of ether oxygens (including phenoxy) is 2. The number of para-hydroxylation sites is 2. The van der Waals surface area contributed by atoms with Crippen LogP contribution in [0.5, 0.6) is 5.75 Å². The number of esters is 2. The molecule has 4 rings (SSSR count). The van der Waals surface area contributed by atoms with Gasteiger partial charge >= 0.3 is 11.9 Å². The van der Waals surface area contributed by atoms with Crippen LogP contribution in [0, 0.1) is 0 Å². The van der Waals surface area contributed by atoms with Crippen LogP contribution in [0.15, 0.2) is 89.7 Å². The van der Waals surface area contributed by atoms with Crippen LogP contribution in [0.2, 0.25) is 0 Å². The molecule has 0 radical (unpaired) electrons. The summed E-state index contributed by atoms with van der Waals surface area (Å²) in [6.45, 7) is -0.0492. The molecule has 0 aliphatic heterocycles. The van der Waals surface area contributed by atoms with Crippen LogP contribution in [0.25, 0.3) is 10.9 Å². The second-order valence-corrected chi connectivity index (χ2v) is 6.57. The third kappa shape index (κ3) is 4.28. The van der Waals surface area contributed by atoms with Gasteiger partial charge in [-0.05, 0) is 35.9 Å². The Bertz CT molecular complexity index is 1280. The first-order valence-corrected chi connectivity index (χ1v) is 9.25. The van der Waals surface area contributed by atoms with Crippen molar-refractivity contribution in [3.05, 3.63) is 112 Å². The Morgan fingerprint density at radius 1 is 0.800 bits per heavy atom. The molecule has 4 aromatic rings. The Labute approximate surface area is 171 Å². The number of carbonyl (C=O) groups is 2. The van der Waals surface area contributed by atoms with Gasteiger partial charge < -0.3 is 14.5 Å². The molecular formula is C24H17NO5. The van der Waals surface area contributed by atoms with E-state index >= 15 is 0 Å². The number of H-pyrrole nitrogens is 1. The van der Waals surface area contributed by atoms with Gasteiger partial charge in [-0.3, -0.25) is 4.79 Å². The third-order valence-electron chi connectivity index (χ3n) is 4.46. The lowest BCUT2D eigenvalue weighted by Crippen LogP contribution is -2.13. The molecule has 0 atom stereocenters. The van der Waals surface area contributed by atoms with Crippen LogP contribution < -0.4 is 10.3 Å². The maximum absolute atomic E-state index is 12.6. The van der Waals surface area contributed by atoms with E-state index in [1.54, 1.807) is 72.8 Å². The predicted octanol–water partition coefficient (Wildman–Crippen LogP) is 4.10. The van der Waals surface area contributed by atoms with Crippen LogP contribution in [-0.2, 0) is 11.3 Å². The molecule has 0 spiro atoms.